The topological polar surface area (TPSA) is 85.6 Å². The highest BCUT2D eigenvalue weighted by Crippen LogP contribution is 2.23. The Morgan fingerprint density at radius 1 is 1.10 bits per heavy atom. The van der Waals surface area contributed by atoms with Gasteiger partial charge < -0.3 is 5.32 Å². The van der Waals surface area contributed by atoms with Gasteiger partial charge in [0, 0.05) is 15.2 Å². The fraction of sp³-hybridized carbons (Fsp3) is 0.105. The second-order valence-electron chi connectivity index (χ2n) is 6.07. The lowest BCUT2D eigenvalue weighted by atomic mass is 10.2. The first-order valence-electron chi connectivity index (χ1n) is 8.55. The monoisotopic (exact) mass is 488 g/mol. The van der Waals surface area contributed by atoms with E-state index >= 15 is 0 Å². The van der Waals surface area contributed by atoms with Gasteiger partial charge in [-0.1, -0.05) is 56.6 Å². The number of hydrogen-bond acceptors (Lipinski definition) is 6. The van der Waals surface area contributed by atoms with Crippen LogP contribution in [-0.4, -0.2) is 36.6 Å². The largest absolute Gasteiger partial charge is 0.325 e. The Labute approximate surface area is 184 Å². The minimum absolute atomic E-state index is 0.127. The summed E-state index contributed by atoms with van der Waals surface area (Å²) in [4.78, 5) is 20.8. The van der Waals surface area contributed by atoms with E-state index in [0.717, 1.165) is 15.7 Å². The number of nitrogens with one attached hydrogen (secondary N) is 1. The summed E-state index contributed by atoms with van der Waals surface area (Å²) in [6, 6.07) is 14.9. The van der Waals surface area contributed by atoms with E-state index in [0.29, 0.717) is 27.8 Å². The van der Waals surface area contributed by atoms with Crippen LogP contribution in [0, 0.1) is 0 Å². The highest BCUT2D eigenvalue weighted by atomic mass is 79.9. The van der Waals surface area contributed by atoms with E-state index < -0.39 is 0 Å². The lowest BCUT2D eigenvalue weighted by molar-refractivity contribution is -0.113. The van der Waals surface area contributed by atoms with Crippen molar-refractivity contribution in [2.24, 2.45) is 0 Å². The molecule has 0 atom stereocenters. The van der Waals surface area contributed by atoms with Crippen LogP contribution in [0.3, 0.4) is 0 Å². The third-order valence-electron chi connectivity index (χ3n) is 3.98. The summed E-state index contributed by atoms with van der Waals surface area (Å²) < 4.78 is 2.65. The van der Waals surface area contributed by atoms with Gasteiger partial charge in [0.15, 0.2) is 11.2 Å². The highest BCUT2D eigenvalue weighted by molar-refractivity contribution is 9.10. The Morgan fingerprint density at radius 2 is 1.86 bits per heavy atom. The molecule has 29 heavy (non-hydrogen) atoms. The van der Waals surface area contributed by atoms with Crippen molar-refractivity contribution in [2.75, 3.05) is 11.1 Å². The normalized spacial score (nSPS) is 11.0. The van der Waals surface area contributed by atoms with Crippen LogP contribution in [0.1, 0.15) is 5.56 Å². The number of aromatic nitrogens is 5. The van der Waals surface area contributed by atoms with Crippen molar-refractivity contribution in [2.45, 2.75) is 11.6 Å². The molecule has 0 unspecified atom stereocenters. The molecular weight excluding hydrogens is 476 g/mol. The molecule has 0 aliphatic carbocycles. The third kappa shape index (κ3) is 4.92. The zero-order valence-corrected chi connectivity index (χ0v) is 18.1. The number of hydrogen-bond donors (Lipinski definition) is 1. The highest BCUT2D eigenvalue weighted by Gasteiger charge is 2.14. The maximum absolute atomic E-state index is 12.2. The van der Waals surface area contributed by atoms with E-state index in [9.17, 15) is 4.79 Å². The van der Waals surface area contributed by atoms with Gasteiger partial charge in [-0.15, -0.1) is 5.10 Å². The zero-order chi connectivity index (χ0) is 20.2. The van der Waals surface area contributed by atoms with Gasteiger partial charge in [-0.2, -0.15) is 0 Å². The summed E-state index contributed by atoms with van der Waals surface area (Å²) >= 11 is 10.6. The number of carbonyl (C=O) groups excluding carboxylic acids is 1. The molecule has 0 bridgehead atoms. The number of anilines is 1. The predicted octanol–water partition coefficient (Wildman–Crippen LogP) is 4.42. The molecule has 0 spiro atoms. The summed E-state index contributed by atoms with van der Waals surface area (Å²) in [7, 11) is 0. The molecular formula is C19H14BrClN6OS. The molecule has 0 saturated heterocycles. The van der Waals surface area contributed by atoms with E-state index in [2.05, 4.69) is 41.5 Å². The number of benzene rings is 2. The number of amides is 1. The fourth-order valence-corrected chi connectivity index (χ4v) is 3.73. The minimum Gasteiger partial charge on any atom is -0.325 e. The van der Waals surface area contributed by atoms with Gasteiger partial charge >= 0.3 is 0 Å². The van der Waals surface area contributed by atoms with E-state index in [1.54, 1.807) is 4.68 Å². The lowest BCUT2D eigenvalue weighted by Crippen LogP contribution is -2.14. The van der Waals surface area contributed by atoms with E-state index in [1.807, 2.05) is 48.5 Å². The molecule has 4 rings (SSSR count). The second kappa shape index (κ2) is 8.89. The Bertz CT molecular complexity index is 1150. The van der Waals surface area contributed by atoms with Crippen LogP contribution >= 0.6 is 39.3 Å². The Kier molecular flexibility index (Phi) is 6.08. The quantitative estimate of drug-likeness (QED) is 0.319. The van der Waals surface area contributed by atoms with Gasteiger partial charge in [-0.05, 0) is 42.0 Å². The summed E-state index contributed by atoms with van der Waals surface area (Å²) in [5, 5.41) is 12.5. The van der Waals surface area contributed by atoms with Crippen LogP contribution in [0.2, 0.25) is 5.02 Å². The molecule has 10 heteroatoms. The van der Waals surface area contributed by atoms with E-state index in [1.165, 1.54) is 18.1 Å². The number of fused-ring (bicyclic) bond motifs is 1. The van der Waals surface area contributed by atoms with Gasteiger partial charge in [0.05, 0.1) is 12.3 Å². The van der Waals surface area contributed by atoms with Crippen molar-refractivity contribution in [3.8, 4) is 0 Å². The molecule has 0 aliphatic heterocycles. The van der Waals surface area contributed by atoms with Gasteiger partial charge in [0.2, 0.25) is 5.91 Å². The smallest absolute Gasteiger partial charge is 0.234 e. The summed E-state index contributed by atoms with van der Waals surface area (Å²) in [6.45, 7) is 0.513. The Morgan fingerprint density at radius 3 is 2.62 bits per heavy atom. The van der Waals surface area contributed by atoms with E-state index in [4.69, 9.17) is 11.6 Å². The Hall–Kier alpha value is -2.49. The molecule has 0 fully saturated rings. The third-order valence-corrected chi connectivity index (χ3v) is 5.74. The van der Waals surface area contributed by atoms with Crippen molar-refractivity contribution in [3.05, 3.63) is 69.9 Å². The molecule has 0 aliphatic rings. The number of nitrogens with zero attached hydrogens (tertiary/aromatic N) is 5. The van der Waals surface area contributed by atoms with Crippen molar-refractivity contribution in [3.63, 3.8) is 0 Å². The standard InChI is InChI=1S/C19H14BrClN6OS/c20-13-3-7-15(8-4-13)24-16(28)10-29-19-17-18(22-11-23-19)27(26-25-17)9-12-1-5-14(21)6-2-12/h1-8,11H,9-10H2,(H,24,28). The predicted molar refractivity (Wildman–Crippen MR) is 117 cm³/mol. The van der Waals surface area contributed by atoms with Crippen LogP contribution in [-0.2, 0) is 11.3 Å². The first kappa shape index (κ1) is 19.8. The molecule has 2 aromatic heterocycles. The maximum Gasteiger partial charge on any atom is 0.234 e. The molecule has 2 heterocycles. The fourth-order valence-electron chi connectivity index (χ4n) is 2.61. The number of halogens is 2. The van der Waals surface area contributed by atoms with Gasteiger partial charge in [-0.25, -0.2) is 14.6 Å². The van der Waals surface area contributed by atoms with Crippen LogP contribution in [0.5, 0.6) is 0 Å². The number of rotatable bonds is 6. The maximum atomic E-state index is 12.2. The van der Waals surface area contributed by atoms with Gasteiger partial charge in [0.1, 0.15) is 11.4 Å². The molecule has 146 valence electrons. The molecule has 4 aromatic rings. The molecule has 1 amide bonds. The average Bonchev–Trinajstić information content (AvgIpc) is 3.13. The first-order chi connectivity index (χ1) is 14.1. The first-order valence-corrected chi connectivity index (χ1v) is 10.7. The van der Waals surface area contributed by atoms with Crippen LogP contribution < -0.4 is 5.32 Å². The van der Waals surface area contributed by atoms with Crippen LogP contribution in [0.15, 0.2) is 64.4 Å². The molecule has 0 saturated carbocycles. The second-order valence-corrected chi connectivity index (χ2v) is 8.38. The zero-order valence-electron chi connectivity index (χ0n) is 14.9. The summed E-state index contributed by atoms with van der Waals surface area (Å²) in [5.41, 5.74) is 2.96. The van der Waals surface area contributed by atoms with Crippen molar-refractivity contribution < 1.29 is 4.79 Å². The minimum atomic E-state index is -0.127. The Balaban J connectivity index is 1.45. The summed E-state index contributed by atoms with van der Waals surface area (Å²) in [6.07, 6.45) is 1.46. The lowest BCUT2D eigenvalue weighted by Gasteiger charge is -2.05. The van der Waals surface area contributed by atoms with Crippen molar-refractivity contribution >= 4 is 62.1 Å². The SMILES string of the molecule is O=C(CSc1ncnc2c1nnn2Cc1ccc(Cl)cc1)Nc1ccc(Br)cc1. The van der Waals surface area contributed by atoms with Crippen LogP contribution in [0.25, 0.3) is 11.2 Å². The van der Waals surface area contributed by atoms with Gasteiger partial charge in [0.25, 0.3) is 0 Å². The molecule has 0 radical (unpaired) electrons. The van der Waals surface area contributed by atoms with E-state index in [-0.39, 0.29) is 11.7 Å². The van der Waals surface area contributed by atoms with Crippen molar-refractivity contribution in [1.82, 2.24) is 25.0 Å². The van der Waals surface area contributed by atoms with Crippen LogP contribution in [0.4, 0.5) is 5.69 Å². The molecule has 2 aromatic carbocycles. The van der Waals surface area contributed by atoms with Gasteiger partial charge in [-0.3, -0.25) is 4.79 Å². The molecule has 7 nitrogen and oxygen atoms in total. The molecule has 1 N–H and O–H groups in total. The van der Waals surface area contributed by atoms with Crippen molar-refractivity contribution in [1.29, 1.82) is 0 Å². The summed E-state index contributed by atoms with van der Waals surface area (Å²) in [5.74, 6) is 0.0734. The number of carbonyl (C=O) groups is 1. The number of thioether (sulfide) groups is 1. The average molecular weight is 490 g/mol.